The Hall–Kier alpha value is -2.45. The number of hydrogen-bond donors (Lipinski definition) is 2. The summed E-state index contributed by atoms with van der Waals surface area (Å²) in [6.07, 6.45) is 8.83. The predicted octanol–water partition coefficient (Wildman–Crippen LogP) is 3.99. The zero-order chi connectivity index (χ0) is 22.7. The van der Waals surface area contributed by atoms with Crippen LogP contribution in [0.15, 0.2) is 42.2 Å². The van der Waals surface area contributed by atoms with Gasteiger partial charge in [-0.1, -0.05) is 24.3 Å². The number of ketones is 1. The molecule has 6 nitrogen and oxygen atoms in total. The molecule has 2 atom stereocenters. The molecule has 1 N–H and O–H groups in total. The van der Waals surface area contributed by atoms with Crippen LogP contribution >= 0.6 is 12.6 Å². The van der Waals surface area contributed by atoms with Crippen LogP contribution in [0.5, 0.6) is 0 Å². The van der Waals surface area contributed by atoms with Gasteiger partial charge in [-0.2, -0.15) is 17.7 Å². The minimum absolute atomic E-state index is 0.0322. The van der Waals surface area contributed by atoms with E-state index in [9.17, 15) is 14.0 Å². The molecule has 32 heavy (non-hydrogen) atoms. The molecule has 170 valence electrons. The Kier molecular flexibility index (Phi) is 7.10. The maximum absolute atomic E-state index is 14.7. The first-order chi connectivity index (χ1) is 15.4. The standard InChI is InChI=1S/C24H28FN3O3S/c25-20-5-2-1-4-19(20)23(24(31)17-7-8-17)27-11-9-21(32)18(15-27)12-16-13-26-28(14-16)10-3-6-22(29)30/h1-2,4-5,12-14,17,21,23,32H,3,6-11,15H2,(H,29,30)/b18-12+. The number of carboxylic acids is 1. The van der Waals surface area contributed by atoms with Gasteiger partial charge in [0, 0.05) is 54.5 Å². The highest BCUT2D eigenvalue weighted by Crippen LogP contribution is 2.39. The van der Waals surface area contributed by atoms with Crippen molar-refractivity contribution in [3.63, 3.8) is 0 Å². The van der Waals surface area contributed by atoms with E-state index in [0.29, 0.717) is 31.6 Å². The average Bonchev–Trinajstić information content (AvgIpc) is 3.52. The monoisotopic (exact) mass is 457 g/mol. The molecule has 0 spiro atoms. The zero-order valence-electron chi connectivity index (χ0n) is 17.9. The Morgan fingerprint density at radius 1 is 1.28 bits per heavy atom. The SMILES string of the molecule is O=C(O)CCCn1cc(/C=C2\CN(C(C(=O)C3CC3)c3ccccc3F)CCC2S)cn1. The van der Waals surface area contributed by atoms with Gasteiger partial charge < -0.3 is 5.11 Å². The van der Waals surface area contributed by atoms with E-state index < -0.39 is 12.0 Å². The fraction of sp³-hybridized carbons (Fsp3) is 0.458. The normalized spacial score (nSPS) is 21.6. The molecule has 2 heterocycles. The van der Waals surface area contributed by atoms with Gasteiger partial charge in [-0.25, -0.2) is 4.39 Å². The zero-order valence-corrected chi connectivity index (χ0v) is 18.8. The summed E-state index contributed by atoms with van der Waals surface area (Å²) < 4.78 is 16.4. The molecule has 1 aliphatic carbocycles. The second-order valence-corrected chi connectivity index (χ2v) is 9.25. The molecule has 0 radical (unpaired) electrons. The first kappa shape index (κ1) is 22.7. The van der Waals surface area contributed by atoms with Crippen LogP contribution < -0.4 is 0 Å². The third kappa shape index (κ3) is 5.48. The average molecular weight is 458 g/mol. The van der Waals surface area contributed by atoms with E-state index in [-0.39, 0.29) is 29.2 Å². The Morgan fingerprint density at radius 2 is 2.06 bits per heavy atom. The van der Waals surface area contributed by atoms with Crippen molar-refractivity contribution >= 4 is 30.5 Å². The highest BCUT2D eigenvalue weighted by Gasteiger charge is 2.40. The number of carbonyl (C=O) groups excluding carboxylic acids is 1. The van der Waals surface area contributed by atoms with Crippen LogP contribution in [0.1, 0.15) is 49.3 Å². The lowest BCUT2D eigenvalue weighted by Crippen LogP contribution is -2.42. The number of likely N-dealkylation sites (tertiary alicyclic amines) is 1. The highest BCUT2D eigenvalue weighted by molar-refractivity contribution is 7.81. The molecule has 0 bridgehead atoms. The molecule has 1 aliphatic heterocycles. The van der Waals surface area contributed by atoms with Crippen molar-refractivity contribution in [2.24, 2.45) is 5.92 Å². The van der Waals surface area contributed by atoms with Gasteiger partial charge in [-0.15, -0.1) is 0 Å². The summed E-state index contributed by atoms with van der Waals surface area (Å²) in [6.45, 7) is 1.75. The van der Waals surface area contributed by atoms with Crippen molar-refractivity contribution in [1.82, 2.24) is 14.7 Å². The van der Waals surface area contributed by atoms with Gasteiger partial charge in [0.15, 0.2) is 5.78 Å². The maximum atomic E-state index is 14.7. The van der Waals surface area contributed by atoms with Gasteiger partial charge >= 0.3 is 5.97 Å². The molecule has 1 saturated heterocycles. The van der Waals surface area contributed by atoms with Crippen molar-refractivity contribution in [2.45, 2.75) is 49.9 Å². The van der Waals surface area contributed by atoms with E-state index in [1.165, 1.54) is 6.07 Å². The largest absolute Gasteiger partial charge is 0.481 e. The highest BCUT2D eigenvalue weighted by atomic mass is 32.1. The quantitative estimate of drug-likeness (QED) is 0.557. The summed E-state index contributed by atoms with van der Waals surface area (Å²) in [5, 5.41) is 13.2. The van der Waals surface area contributed by atoms with E-state index >= 15 is 0 Å². The lowest BCUT2D eigenvalue weighted by atomic mass is 9.93. The van der Waals surface area contributed by atoms with Gasteiger partial charge in [0.05, 0.1) is 12.2 Å². The number of aliphatic carboxylic acids is 1. The van der Waals surface area contributed by atoms with E-state index in [2.05, 4.69) is 10.00 Å². The molecule has 2 aliphatic rings. The number of aryl methyl sites for hydroxylation is 1. The van der Waals surface area contributed by atoms with Crippen LogP contribution in [-0.2, 0) is 16.1 Å². The number of Topliss-reactive ketones (excluding diaryl/α,β-unsaturated/α-hetero) is 1. The van der Waals surface area contributed by atoms with Gasteiger partial charge in [0.2, 0.25) is 0 Å². The number of rotatable bonds is 9. The molecule has 1 aromatic heterocycles. The lowest BCUT2D eigenvalue weighted by molar-refractivity contribution is -0.137. The number of carbonyl (C=O) groups is 2. The topological polar surface area (TPSA) is 75.4 Å². The van der Waals surface area contributed by atoms with Crippen LogP contribution in [0.4, 0.5) is 4.39 Å². The van der Waals surface area contributed by atoms with Gasteiger partial charge in [0.1, 0.15) is 5.82 Å². The minimum atomic E-state index is -0.815. The fourth-order valence-corrected chi connectivity index (χ4v) is 4.53. The second kappa shape index (κ2) is 10.0. The Bertz CT molecular complexity index is 1020. The number of hydrogen-bond acceptors (Lipinski definition) is 5. The molecule has 1 saturated carbocycles. The van der Waals surface area contributed by atoms with E-state index in [1.54, 1.807) is 29.1 Å². The molecule has 8 heteroatoms. The Morgan fingerprint density at radius 3 is 2.78 bits per heavy atom. The number of carboxylic acid groups (broad SMARTS) is 1. The van der Waals surface area contributed by atoms with Crippen molar-refractivity contribution in [3.05, 3.63) is 59.2 Å². The molecule has 1 aromatic carbocycles. The number of benzene rings is 1. The lowest BCUT2D eigenvalue weighted by Gasteiger charge is -2.37. The molecule has 4 rings (SSSR count). The van der Waals surface area contributed by atoms with E-state index in [0.717, 1.165) is 30.4 Å². The number of nitrogens with zero attached hydrogens (tertiary/aromatic N) is 3. The number of thiol groups is 1. The second-order valence-electron chi connectivity index (χ2n) is 8.63. The minimum Gasteiger partial charge on any atom is -0.481 e. The molecule has 0 amide bonds. The summed E-state index contributed by atoms with van der Waals surface area (Å²) in [5.41, 5.74) is 2.43. The predicted molar refractivity (Wildman–Crippen MR) is 123 cm³/mol. The van der Waals surface area contributed by atoms with E-state index in [1.807, 2.05) is 12.3 Å². The van der Waals surface area contributed by atoms with E-state index in [4.69, 9.17) is 17.7 Å². The van der Waals surface area contributed by atoms with Crippen molar-refractivity contribution < 1.29 is 19.1 Å². The van der Waals surface area contributed by atoms with Crippen LogP contribution in [0.2, 0.25) is 0 Å². The fourth-order valence-electron chi connectivity index (χ4n) is 4.26. The van der Waals surface area contributed by atoms with Crippen LogP contribution in [0, 0.1) is 11.7 Å². The molecule has 2 fully saturated rings. The number of piperidine rings is 1. The van der Waals surface area contributed by atoms with Gasteiger partial charge in [-0.05, 0) is 37.3 Å². The van der Waals surface area contributed by atoms with Crippen LogP contribution in [0.25, 0.3) is 6.08 Å². The van der Waals surface area contributed by atoms with Crippen molar-refractivity contribution in [3.8, 4) is 0 Å². The maximum Gasteiger partial charge on any atom is 0.303 e. The number of aromatic nitrogens is 2. The smallest absolute Gasteiger partial charge is 0.303 e. The van der Waals surface area contributed by atoms with Gasteiger partial charge in [-0.3, -0.25) is 19.2 Å². The Labute approximate surface area is 192 Å². The van der Waals surface area contributed by atoms with Crippen molar-refractivity contribution in [2.75, 3.05) is 13.1 Å². The molecular formula is C24H28FN3O3S. The first-order valence-corrected chi connectivity index (χ1v) is 11.6. The van der Waals surface area contributed by atoms with Crippen LogP contribution in [0.3, 0.4) is 0 Å². The summed E-state index contributed by atoms with van der Waals surface area (Å²) in [5.74, 6) is -1.01. The van der Waals surface area contributed by atoms with Crippen molar-refractivity contribution in [1.29, 1.82) is 0 Å². The summed E-state index contributed by atoms with van der Waals surface area (Å²) in [6, 6.07) is 6.00. The third-order valence-electron chi connectivity index (χ3n) is 6.10. The Balaban J connectivity index is 1.52. The number of halogens is 1. The van der Waals surface area contributed by atoms with Gasteiger partial charge in [0.25, 0.3) is 0 Å². The third-order valence-corrected chi connectivity index (χ3v) is 6.69. The molecular weight excluding hydrogens is 429 g/mol. The summed E-state index contributed by atoms with van der Waals surface area (Å²) in [7, 11) is 0. The summed E-state index contributed by atoms with van der Waals surface area (Å²) >= 11 is 4.75. The molecule has 2 aromatic rings. The summed E-state index contributed by atoms with van der Waals surface area (Å²) in [4.78, 5) is 25.9. The first-order valence-electron chi connectivity index (χ1n) is 11.1. The van der Waals surface area contributed by atoms with Crippen LogP contribution in [-0.4, -0.2) is 49.9 Å². The molecule has 2 unspecified atom stereocenters.